The van der Waals surface area contributed by atoms with Gasteiger partial charge < -0.3 is 10.1 Å². The Balaban J connectivity index is 2.49. The van der Waals surface area contributed by atoms with E-state index in [1.54, 1.807) is 6.07 Å². The molecule has 0 radical (unpaired) electrons. The lowest BCUT2D eigenvalue weighted by molar-refractivity contribution is -0.00897. The van der Waals surface area contributed by atoms with Crippen molar-refractivity contribution in [3.05, 3.63) is 34.6 Å². The number of benzene rings is 1. The highest BCUT2D eigenvalue weighted by atomic mass is 35.5. The molecule has 17 heavy (non-hydrogen) atoms. The van der Waals surface area contributed by atoms with Gasteiger partial charge in [-0.15, -0.1) is 0 Å². The lowest BCUT2D eigenvalue weighted by atomic mass is 10.1. The molecule has 0 amide bonds. The normalized spacial score (nSPS) is 11.8. The maximum atomic E-state index is 13.2. The van der Waals surface area contributed by atoms with E-state index >= 15 is 0 Å². The van der Waals surface area contributed by atoms with Gasteiger partial charge in [-0.05, 0) is 32.4 Å². The second-order valence-electron chi connectivity index (χ2n) is 4.51. The van der Waals surface area contributed by atoms with Gasteiger partial charge in [0.2, 0.25) is 0 Å². The SMILES string of the molecule is CCOC(C)(C)CNCc1cccc(F)c1Cl. The second kappa shape index (κ2) is 6.34. The quantitative estimate of drug-likeness (QED) is 0.846. The van der Waals surface area contributed by atoms with Crippen molar-refractivity contribution in [3.8, 4) is 0 Å². The molecule has 0 spiro atoms. The first-order valence-corrected chi connectivity index (χ1v) is 6.11. The number of ether oxygens (including phenoxy) is 1. The zero-order valence-electron chi connectivity index (χ0n) is 10.5. The van der Waals surface area contributed by atoms with Crippen LogP contribution < -0.4 is 5.32 Å². The number of nitrogens with one attached hydrogen (secondary N) is 1. The number of halogens is 2. The fourth-order valence-corrected chi connectivity index (χ4v) is 1.82. The molecule has 0 aromatic heterocycles. The van der Waals surface area contributed by atoms with E-state index in [1.165, 1.54) is 6.07 Å². The molecular weight excluding hydrogens is 241 g/mol. The van der Waals surface area contributed by atoms with Crippen molar-refractivity contribution in [1.29, 1.82) is 0 Å². The molecule has 1 aromatic rings. The highest BCUT2D eigenvalue weighted by Crippen LogP contribution is 2.19. The summed E-state index contributed by atoms with van der Waals surface area (Å²) < 4.78 is 18.7. The third-order valence-electron chi connectivity index (χ3n) is 2.43. The van der Waals surface area contributed by atoms with Gasteiger partial charge in [0.05, 0.1) is 10.6 Å². The molecule has 2 nitrogen and oxygen atoms in total. The summed E-state index contributed by atoms with van der Waals surface area (Å²) in [5.41, 5.74) is 0.535. The standard InChI is InChI=1S/C13H19ClFNO/c1-4-17-13(2,3)9-16-8-10-6-5-7-11(15)12(10)14/h5-7,16H,4,8-9H2,1-3H3. The van der Waals surface area contributed by atoms with Crippen molar-refractivity contribution in [2.75, 3.05) is 13.2 Å². The van der Waals surface area contributed by atoms with Crippen molar-refractivity contribution in [1.82, 2.24) is 5.32 Å². The van der Waals surface area contributed by atoms with E-state index in [2.05, 4.69) is 5.32 Å². The molecule has 0 saturated carbocycles. The fourth-order valence-electron chi connectivity index (χ4n) is 1.62. The van der Waals surface area contributed by atoms with Gasteiger partial charge in [0.1, 0.15) is 5.82 Å². The minimum atomic E-state index is -0.380. The van der Waals surface area contributed by atoms with Crippen LogP contribution in [0.1, 0.15) is 26.3 Å². The summed E-state index contributed by atoms with van der Waals surface area (Å²) >= 11 is 5.86. The van der Waals surface area contributed by atoms with E-state index in [9.17, 15) is 4.39 Å². The van der Waals surface area contributed by atoms with Gasteiger partial charge in [0.25, 0.3) is 0 Å². The van der Waals surface area contributed by atoms with E-state index in [0.717, 1.165) is 5.56 Å². The highest BCUT2D eigenvalue weighted by molar-refractivity contribution is 6.31. The van der Waals surface area contributed by atoms with Crippen LogP contribution in [0.25, 0.3) is 0 Å². The van der Waals surface area contributed by atoms with Crippen molar-refractivity contribution in [2.45, 2.75) is 32.9 Å². The minimum absolute atomic E-state index is 0.189. The Kier molecular flexibility index (Phi) is 5.37. The average Bonchev–Trinajstić information content (AvgIpc) is 2.24. The molecule has 0 atom stereocenters. The lowest BCUT2D eigenvalue weighted by Crippen LogP contribution is -2.37. The Bertz CT molecular complexity index is 368. The third kappa shape index (κ3) is 4.62. The summed E-state index contributed by atoms with van der Waals surface area (Å²) in [6.07, 6.45) is 0. The van der Waals surface area contributed by atoms with Crippen molar-refractivity contribution in [3.63, 3.8) is 0 Å². The van der Waals surface area contributed by atoms with Gasteiger partial charge in [0, 0.05) is 19.7 Å². The van der Waals surface area contributed by atoms with Crippen LogP contribution in [0.15, 0.2) is 18.2 Å². The number of hydrogen-bond acceptors (Lipinski definition) is 2. The predicted octanol–water partition coefficient (Wildman–Crippen LogP) is 3.38. The lowest BCUT2D eigenvalue weighted by Gasteiger charge is -2.25. The summed E-state index contributed by atoms with van der Waals surface area (Å²) in [6.45, 7) is 7.88. The van der Waals surface area contributed by atoms with Crippen LogP contribution in [-0.4, -0.2) is 18.8 Å². The Hall–Kier alpha value is -0.640. The van der Waals surface area contributed by atoms with E-state index in [1.807, 2.05) is 26.8 Å². The molecule has 0 bridgehead atoms. The van der Waals surface area contributed by atoms with Crippen LogP contribution in [0.3, 0.4) is 0 Å². The Labute approximate surface area is 107 Å². The van der Waals surface area contributed by atoms with Crippen LogP contribution in [0, 0.1) is 5.82 Å². The first kappa shape index (κ1) is 14.4. The van der Waals surface area contributed by atoms with Gasteiger partial charge in [-0.1, -0.05) is 23.7 Å². The van der Waals surface area contributed by atoms with Crippen LogP contribution in [-0.2, 0) is 11.3 Å². The maximum Gasteiger partial charge on any atom is 0.142 e. The molecule has 0 aliphatic rings. The maximum absolute atomic E-state index is 13.2. The predicted molar refractivity (Wildman–Crippen MR) is 68.8 cm³/mol. The average molecular weight is 260 g/mol. The van der Waals surface area contributed by atoms with E-state index in [0.29, 0.717) is 19.7 Å². The Morgan fingerprint density at radius 1 is 1.41 bits per heavy atom. The fraction of sp³-hybridized carbons (Fsp3) is 0.538. The molecule has 0 aliphatic heterocycles. The molecule has 0 unspecified atom stereocenters. The van der Waals surface area contributed by atoms with Crippen LogP contribution >= 0.6 is 11.6 Å². The number of rotatable bonds is 6. The summed E-state index contributed by atoms with van der Waals surface area (Å²) in [7, 11) is 0. The molecule has 0 heterocycles. The zero-order valence-corrected chi connectivity index (χ0v) is 11.3. The van der Waals surface area contributed by atoms with Crippen LogP contribution in [0.5, 0.6) is 0 Å². The molecule has 0 fully saturated rings. The summed E-state index contributed by atoms with van der Waals surface area (Å²) in [4.78, 5) is 0. The van der Waals surface area contributed by atoms with E-state index in [4.69, 9.17) is 16.3 Å². The van der Waals surface area contributed by atoms with Gasteiger partial charge in [-0.3, -0.25) is 0 Å². The largest absolute Gasteiger partial charge is 0.375 e. The van der Waals surface area contributed by atoms with Crippen LogP contribution in [0.4, 0.5) is 4.39 Å². The molecule has 96 valence electrons. The van der Waals surface area contributed by atoms with Crippen molar-refractivity contribution < 1.29 is 9.13 Å². The summed E-state index contributed by atoms with van der Waals surface area (Å²) in [5.74, 6) is -0.380. The molecule has 0 saturated heterocycles. The second-order valence-corrected chi connectivity index (χ2v) is 4.89. The zero-order chi connectivity index (χ0) is 12.9. The topological polar surface area (TPSA) is 21.3 Å². The Morgan fingerprint density at radius 2 is 2.12 bits per heavy atom. The number of hydrogen-bond donors (Lipinski definition) is 1. The van der Waals surface area contributed by atoms with Crippen molar-refractivity contribution in [2.24, 2.45) is 0 Å². The van der Waals surface area contributed by atoms with Crippen LogP contribution in [0.2, 0.25) is 5.02 Å². The van der Waals surface area contributed by atoms with Crippen molar-refractivity contribution >= 4 is 11.6 Å². The molecule has 1 aromatic carbocycles. The third-order valence-corrected chi connectivity index (χ3v) is 2.86. The van der Waals surface area contributed by atoms with Gasteiger partial charge in [-0.2, -0.15) is 0 Å². The van der Waals surface area contributed by atoms with E-state index < -0.39 is 0 Å². The molecule has 1 N–H and O–H groups in total. The summed E-state index contributed by atoms with van der Waals surface area (Å²) in [5, 5.41) is 3.41. The van der Waals surface area contributed by atoms with Gasteiger partial charge in [0.15, 0.2) is 0 Å². The highest BCUT2D eigenvalue weighted by Gasteiger charge is 2.17. The smallest absolute Gasteiger partial charge is 0.142 e. The summed E-state index contributed by atoms with van der Waals surface area (Å²) in [6, 6.07) is 4.83. The van der Waals surface area contributed by atoms with Gasteiger partial charge >= 0.3 is 0 Å². The molecule has 0 aliphatic carbocycles. The first-order valence-electron chi connectivity index (χ1n) is 5.74. The van der Waals surface area contributed by atoms with E-state index in [-0.39, 0.29) is 16.4 Å². The minimum Gasteiger partial charge on any atom is -0.375 e. The molecule has 1 rings (SSSR count). The molecular formula is C13H19ClFNO. The molecule has 4 heteroatoms. The monoisotopic (exact) mass is 259 g/mol. The van der Waals surface area contributed by atoms with Gasteiger partial charge in [-0.25, -0.2) is 4.39 Å². The Morgan fingerprint density at radius 3 is 2.76 bits per heavy atom. The first-order chi connectivity index (χ1) is 7.96.